The molecule has 5 nitrogen and oxygen atoms in total. The van der Waals surface area contributed by atoms with Gasteiger partial charge < -0.3 is 9.26 Å². The summed E-state index contributed by atoms with van der Waals surface area (Å²) in [4.78, 5) is 0. The molecule has 1 heterocycles. The second kappa shape index (κ2) is 7.57. The van der Waals surface area contributed by atoms with Crippen molar-refractivity contribution in [2.75, 3.05) is 6.61 Å². The number of nitrogens with zero attached hydrogens (tertiary/aromatic N) is 3. The van der Waals surface area contributed by atoms with Gasteiger partial charge in [-0.2, -0.15) is 5.11 Å². The van der Waals surface area contributed by atoms with Crippen LogP contribution in [0.5, 0.6) is 5.75 Å². The number of hydrogen-bond donors (Lipinski definition) is 0. The lowest BCUT2D eigenvalue weighted by Gasteiger charge is -2.05. The Morgan fingerprint density at radius 3 is 2.48 bits per heavy atom. The molecule has 0 saturated carbocycles. The van der Waals surface area contributed by atoms with E-state index in [0.717, 1.165) is 30.2 Å². The van der Waals surface area contributed by atoms with Crippen LogP contribution >= 0.6 is 0 Å². The van der Waals surface area contributed by atoms with Crippen molar-refractivity contribution in [2.45, 2.75) is 40.0 Å². The summed E-state index contributed by atoms with van der Waals surface area (Å²) in [5, 5.41) is 12.2. The topological polar surface area (TPSA) is 60.0 Å². The minimum atomic E-state index is 0.673. The number of aryl methyl sites for hydroxylation is 2. The van der Waals surface area contributed by atoms with E-state index in [1.165, 1.54) is 12.8 Å². The third-order valence-corrected chi connectivity index (χ3v) is 3.11. The Bertz CT molecular complexity index is 569. The molecule has 0 N–H and O–H groups in total. The Kier molecular flexibility index (Phi) is 5.49. The van der Waals surface area contributed by atoms with Gasteiger partial charge in [-0.3, -0.25) is 0 Å². The Morgan fingerprint density at radius 1 is 1.10 bits per heavy atom. The van der Waals surface area contributed by atoms with Crippen LogP contribution in [-0.2, 0) is 0 Å². The normalized spacial score (nSPS) is 11.2. The molecule has 0 saturated heterocycles. The van der Waals surface area contributed by atoms with E-state index < -0.39 is 0 Å². The maximum absolute atomic E-state index is 5.65. The van der Waals surface area contributed by atoms with E-state index in [2.05, 4.69) is 22.3 Å². The SMILES string of the molecule is CCCCCOc1ccc(/N=N/c2c(C)noc2C)cc1. The fourth-order valence-electron chi connectivity index (χ4n) is 1.88. The molecule has 21 heavy (non-hydrogen) atoms. The van der Waals surface area contributed by atoms with Crippen LogP contribution < -0.4 is 4.74 Å². The average molecular weight is 287 g/mol. The van der Waals surface area contributed by atoms with Crippen molar-refractivity contribution in [2.24, 2.45) is 10.2 Å². The van der Waals surface area contributed by atoms with Crippen LogP contribution in [-0.4, -0.2) is 11.8 Å². The zero-order valence-electron chi connectivity index (χ0n) is 12.8. The van der Waals surface area contributed by atoms with Gasteiger partial charge in [0.15, 0.2) is 11.4 Å². The first kappa shape index (κ1) is 15.2. The van der Waals surface area contributed by atoms with Gasteiger partial charge in [-0.25, -0.2) is 0 Å². The van der Waals surface area contributed by atoms with E-state index in [-0.39, 0.29) is 0 Å². The molecule has 5 heteroatoms. The lowest BCUT2D eigenvalue weighted by atomic mass is 10.2. The molecule has 0 spiro atoms. The van der Waals surface area contributed by atoms with Crippen molar-refractivity contribution in [1.82, 2.24) is 5.16 Å². The summed E-state index contributed by atoms with van der Waals surface area (Å²) in [5.74, 6) is 1.54. The standard InChI is InChI=1S/C16H21N3O2/c1-4-5-6-11-20-15-9-7-14(8-10-15)17-18-16-12(2)19-21-13(16)3/h7-10H,4-6,11H2,1-3H3/b18-17+. The first-order chi connectivity index (χ1) is 10.2. The van der Waals surface area contributed by atoms with Gasteiger partial charge >= 0.3 is 0 Å². The summed E-state index contributed by atoms with van der Waals surface area (Å²) >= 11 is 0. The van der Waals surface area contributed by atoms with E-state index in [1.54, 1.807) is 0 Å². The predicted octanol–water partition coefficient (Wildman–Crippen LogP) is 5.28. The van der Waals surface area contributed by atoms with E-state index in [4.69, 9.17) is 9.26 Å². The number of ether oxygens (including phenoxy) is 1. The maximum atomic E-state index is 5.65. The maximum Gasteiger partial charge on any atom is 0.161 e. The van der Waals surface area contributed by atoms with Gasteiger partial charge in [-0.1, -0.05) is 24.9 Å². The highest BCUT2D eigenvalue weighted by Gasteiger charge is 2.07. The third-order valence-electron chi connectivity index (χ3n) is 3.11. The Hall–Kier alpha value is -2.17. The summed E-state index contributed by atoms with van der Waals surface area (Å²) in [6, 6.07) is 7.59. The van der Waals surface area contributed by atoms with Crippen molar-refractivity contribution in [3.8, 4) is 5.75 Å². The second-order valence-corrected chi connectivity index (χ2v) is 4.92. The second-order valence-electron chi connectivity index (χ2n) is 4.92. The summed E-state index contributed by atoms with van der Waals surface area (Å²) in [7, 11) is 0. The van der Waals surface area contributed by atoms with Crippen LogP contribution in [0, 0.1) is 13.8 Å². The Morgan fingerprint density at radius 2 is 1.86 bits per heavy atom. The summed E-state index contributed by atoms with van der Waals surface area (Å²) in [6.45, 7) is 6.60. The van der Waals surface area contributed by atoms with Gasteiger partial charge in [-0.05, 0) is 44.5 Å². The van der Waals surface area contributed by atoms with Crippen molar-refractivity contribution < 1.29 is 9.26 Å². The number of azo groups is 1. The number of aromatic nitrogens is 1. The Balaban J connectivity index is 1.93. The van der Waals surface area contributed by atoms with Gasteiger partial charge in [0.2, 0.25) is 0 Å². The molecule has 2 rings (SSSR count). The highest BCUT2D eigenvalue weighted by atomic mass is 16.5. The third kappa shape index (κ3) is 4.41. The van der Waals surface area contributed by atoms with Gasteiger partial charge in [0.1, 0.15) is 11.4 Å². The Labute approximate surface area is 125 Å². The summed E-state index contributed by atoms with van der Waals surface area (Å²) in [5.41, 5.74) is 2.21. The molecule has 0 unspecified atom stereocenters. The monoisotopic (exact) mass is 287 g/mol. The molecule has 2 aromatic rings. The molecule has 0 amide bonds. The zero-order valence-corrected chi connectivity index (χ0v) is 12.8. The van der Waals surface area contributed by atoms with Crippen molar-refractivity contribution in [1.29, 1.82) is 0 Å². The highest BCUT2D eigenvalue weighted by molar-refractivity contribution is 5.45. The molecule has 0 fully saturated rings. The van der Waals surface area contributed by atoms with Gasteiger partial charge in [0.25, 0.3) is 0 Å². The first-order valence-electron chi connectivity index (χ1n) is 7.28. The number of rotatable bonds is 7. The van der Waals surface area contributed by atoms with E-state index in [9.17, 15) is 0 Å². The molecule has 112 valence electrons. The minimum Gasteiger partial charge on any atom is -0.494 e. The molecular weight excluding hydrogens is 266 g/mol. The summed E-state index contributed by atoms with van der Waals surface area (Å²) in [6.07, 6.45) is 3.48. The zero-order chi connectivity index (χ0) is 15.1. The van der Waals surface area contributed by atoms with E-state index in [1.807, 2.05) is 38.1 Å². The van der Waals surface area contributed by atoms with Gasteiger partial charge in [0, 0.05) is 0 Å². The van der Waals surface area contributed by atoms with Crippen LogP contribution in [0.2, 0.25) is 0 Å². The van der Waals surface area contributed by atoms with Crippen molar-refractivity contribution >= 4 is 11.4 Å². The molecule has 0 aliphatic rings. The largest absolute Gasteiger partial charge is 0.494 e. The minimum absolute atomic E-state index is 0.673. The number of unbranched alkanes of at least 4 members (excludes halogenated alkanes) is 2. The van der Waals surface area contributed by atoms with Crippen molar-refractivity contribution in [3.05, 3.63) is 35.7 Å². The number of benzene rings is 1. The van der Waals surface area contributed by atoms with E-state index in [0.29, 0.717) is 11.4 Å². The first-order valence-corrected chi connectivity index (χ1v) is 7.28. The molecule has 1 aromatic heterocycles. The molecular formula is C16H21N3O2. The molecule has 0 atom stereocenters. The number of hydrogen-bond acceptors (Lipinski definition) is 5. The summed E-state index contributed by atoms with van der Waals surface area (Å²) < 4.78 is 10.7. The van der Waals surface area contributed by atoms with Crippen LogP contribution in [0.3, 0.4) is 0 Å². The predicted molar refractivity (Wildman–Crippen MR) is 81.6 cm³/mol. The van der Waals surface area contributed by atoms with Crippen LogP contribution in [0.4, 0.5) is 11.4 Å². The fraction of sp³-hybridized carbons (Fsp3) is 0.438. The van der Waals surface area contributed by atoms with Gasteiger partial charge in [0.05, 0.1) is 12.3 Å². The highest BCUT2D eigenvalue weighted by Crippen LogP contribution is 2.26. The quantitative estimate of drug-likeness (QED) is 0.514. The van der Waals surface area contributed by atoms with Crippen LogP contribution in [0.15, 0.2) is 39.0 Å². The smallest absolute Gasteiger partial charge is 0.161 e. The van der Waals surface area contributed by atoms with Gasteiger partial charge in [-0.15, -0.1) is 5.11 Å². The fourth-order valence-corrected chi connectivity index (χ4v) is 1.88. The average Bonchev–Trinajstić information content (AvgIpc) is 2.82. The molecule has 0 radical (unpaired) electrons. The lowest BCUT2D eigenvalue weighted by Crippen LogP contribution is -1.96. The van der Waals surface area contributed by atoms with Crippen LogP contribution in [0.25, 0.3) is 0 Å². The molecule has 0 aliphatic carbocycles. The molecule has 0 aliphatic heterocycles. The molecule has 0 bridgehead atoms. The molecule has 1 aromatic carbocycles. The lowest BCUT2D eigenvalue weighted by molar-refractivity contribution is 0.306. The van der Waals surface area contributed by atoms with E-state index >= 15 is 0 Å². The van der Waals surface area contributed by atoms with Crippen molar-refractivity contribution in [3.63, 3.8) is 0 Å². The van der Waals surface area contributed by atoms with Crippen LogP contribution in [0.1, 0.15) is 37.6 Å².